The van der Waals surface area contributed by atoms with E-state index < -0.39 is 23.3 Å². The molecule has 0 saturated heterocycles. The number of hydrogen-bond acceptors (Lipinski definition) is 4. The maximum absolute atomic E-state index is 12.7. The van der Waals surface area contributed by atoms with Gasteiger partial charge in [-0.2, -0.15) is 0 Å². The number of aromatic carboxylic acids is 1. The van der Waals surface area contributed by atoms with Crippen molar-refractivity contribution in [3.05, 3.63) is 39.7 Å². The number of carboxylic acids is 1. The van der Waals surface area contributed by atoms with Crippen LogP contribution in [-0.2, 0) is 0 Å². The quantitative estimate of drug-likeness (QED) is 0.478. The second kappa shape index (κ2) is 4.96. The molecule has 0 atom stereocenters. The van der Waals surface area contributed by atoms with Crippen molar-refractivity contribution in [2.24, 2.45) is 4.99 Å². The van der Waals surface area contributed by atoms with E-state index >= 15 is 0 Å². The molecule has 1 aromatic rings. The standard InChI is InChI=1S/C9H7FN2O4/c10-6-1-2-8(7(5-6)9(13)14)11-3-4-12(15)16/h1-3,5H,4H2,(H,13,14)/b11-3+. The van der Waals surface area contributed by atoms with Crippen LogP contribution in [0.15, 0.2) is 23.2 Å². The number of nitrogens with zero attached hydrogens (tertiary/aromatic N) is 2. The first kappa shape index (κ1) is 11.8. The molecule has 16 heavy (non-hydrogen) atoms. The van der Waals surface area contributed by atoms with Crippen LogP contribution in [0.1, 0.15) is 10.4 Å². The topological polar surface area (TPSA) is 92.8 Å². The summed E-state index contributed by atoms with van der Waals surface area (Å²) in [6, 6.07) is 2.99. The van der Waals surface area contributed by atoms with E-state index in [0.29, 0.717) is 0 Å². The van der Waals surface area contributed by atoms with E-state index in [2.05, 4.69) is 4.99 Å². The van der Waals surface area contributed by atoms with Crippen molar-refractivity contribution in [3.8, 4) is 0 Å². The second-order valence-corrected chi connectivity index (χ2v) is 2.79. The number of benzene rings is 1. The summed E-state index contributed by atoms with van der Waals surface area (Å²) < 4.78 is 12.7. The summed E-state index contributed by atoms with van der Waals surface area (Å²) in [4.78, 5) is 23.7. The van der Waals surface area contributed by atoms with Gasteiger partial charge in [-0.25, -0.2) is 9.18 Å². The van der Waals surface area contributed by atoms with Crippen LogP contribution in [0, 0.1) is 15.9 Å². The Morgan fingerprint density at radius 2 is 2.31 bits per heavy atom. The lowest BCUT2D eigenvalue weighted by Gasteiger charge is -1.99. The van der Waals surface area contributed by atoms with Gasteiger partial charge in [-0.3, -0.25) is 15.1 Å². The molecule has 0 aromatic heterocycles. The minimum absolute atomic E-state index is 0.0178. The van der Waals surface area contributed by atoms with Crippen molar-refractivity contribution in [1.82, 2.24) is 0 Å². The van der Waals surface area contributed by atoms with Gasteiger partial charge in [-0.15, -0.1) is 0 Å². The molecule has 0 amide bonds. The summed E-state index contributed by atoms with van der Waals surface area (Å²) in [5, 5.41) is 18.7. The fourth-order valence-electron chi connectivity index (χ4n) is 0.998. The van der Waals surface area contributed by atoms with E-state index in [0.717, 1.165) is 24.4 Å². The highest BCUT2D eigenvalue weighted by Crippen LogP contribution is 2.19. The fourth-order valence-corrected chi connectivity index (χ4v) is 0.998. The minimum atomic E-state index is -1.34. The number of halogens is 1. The van der Waals surface area contributed by atoms with Crippen LogP contribution >= 0.6 is 0 Å². The molecule has 7 heteroatoms. The van der Waals surface area contributed by atoms with Gasteiger partial charge < -0.3 is 5.11 Å². The van der Waals surface area contributed by atoms with Gasteiger partial charge in [0.05, 0.1) is 17.5 Å². The lowest BCUT2D eigenvalue weighted by atomic mass is 10.2. The van der Waals surface area contributed by atoms with Gasteiger partial charge in [0, 0.05) is 4.92 Å². The molecule has 0 saturated carbocycles. The van der Waals surface area contributed by atoms with E-state index in [-0.39, 0.29) is 11.3 Å². The third-order valence-electron chi connectivity index (χ3n) is 1.65. The highest BCUT2D eigenvalue weighted by Gasteiger charge is 2.10. The Hall–Kier alpha value is -2.31. The van der Waals surface area contributed by atoms with Crippen LogP contribution in [0.2, 0.25) is 0 Å². The predicted molar refractivity (Wildman–Crippen MR) is 53.4 cm³/mol. The Labute approximate surface area is 89.2 Å². The summed E-state index contributed by atoms with van der Waals surface area (Å²) in [7, 11) is 0. The monoisotopic (exact) mass is 226 g/mol. The summed E-state index contributed by atoms with van der Waals surface area (Å²) >= 11 is 0. The predicted octanol–water partition coefficient (Wildman–Crippen LogP) is 1.50. The zero-order valence-electron chi connectivity index (χ0n) is 7.96. The zero-order chi connectivity index (χ0) is 12.1. The fraction of sp³-hybridized carbons (Fsp3) is 0.111. The molecule has 0 radical (unpaired) electrons. The van der Waals surface area contributed by atoms with Gasteiger partial charge >= 0.3 is 5.97 Å². The van der Waals surface area contributed by atoms with Crippen molar-refractivity contribution < 1.29 is 19.2 Å². The van der Waals surface area contributed by atoms with Gasteiger partial charge in [0.1, 0.15) is 5.82 Å². The maximum atomic E-state index is 12.7. The second-order valence-electron chi connectivity index (χ2n) is 2.79. The Kier molecular flexibility index (Phi) is 3.65. The Morgan fingerprint density at radius 1 is 1.62 bits per heavy atom. The summed E-state index contributed by atoms with van der Waals surface area (Å²) in [6.45, 7) is -0.517. The summed E-state index contributed by atoms with van der Waals surface area (Å²) in [6.07, 6.45) is 0.958. The highest BCUT2D eigenvalue weighted by atomic mass is 19.1. The molecule has 0 aliphatic carbocycles. The Bertz CT molecular complexity index is 459. The molecular formula is C9H7FN2O4. The zero-order valence-corrected chi connectivity index (χ0v) is 7.96. The van der Waals surface area contributed by atoms with Crippen molar-refractivity contribution in [2.45, 2.75) is 0 Å². The Balaban J connectivity index is 2.99. The number of carboxylic acid groups (broad SMARTS) is 1. The molecule has 84 valence electrons. The Morgan fingerprint density at radius 3 is 2.88 bits per heavy atom. The molecule has 1 rings (SSSR count). The molecular weight excluding hydrogens is 219 g/mol. The summed E-state index contributed by atoms with van der Waals surface area (Å²) in [5.41, 5.74) is -0.352. The minimum Gasteiger partial charge on any atom is -0.478 e. The molecule has 1 N–H and O–H groups in total. The van der Waals surface area contributed by atoms with Gasteiger partial charge in [0.2, 0.25) is 6.54 Å². The largest absolute Gasteiger partial charge is 0.478 e. The SMILES string of the molecule is O=C(O)c1cc(F)ccc1/N=C/C[N+](=O)[O-]. The molecule has 6 nitrogen and oxygen atoms in total. The highest BCUT2D eigenvalue weighted by molar-refractivity contribution is 5.94. The maximum Gasteiger partial charge on any atom is 0.338 e. The van der Waals surface area contributed by atoms with Crippen LogP contribution in [0.3, 0.4) is 0 Å². The number of hydrogen-bond donors (Lipinski definition) is 1. The third-order valence-corrected chi connectivity index (χ3v) is 1.65. The molecule has 0 spiro atoms. The van der Waals surface area contributed by atoms with Gasteiger partial charge in [0.25, 0.3) is 0 Å². The van der Waals surface area contributed by atoms with Gasteiger partial charge in [-0.05, 0) is 18.2 Å². The summed E-state index contributed by atoms with van der Waals surface area (Å²) in [5.74, 6) is -2.04. The number of nitro groups is 1. The first-order chi connectivity index (χ1) is 7.50. The van der Waals surface area contributed by atoms with E-state index in [4.69, 9.17) is 5.11 Å². The number of aliphatic imine (C=N–C) groups is 1. The molecule has 1 aromatic carbocycles. The first-order valence-corrected chi connectivity index (χ1v) is 4.18. The molecule has 0 unspecified atom stereocenters. The lowest BCUT2D eigenvalue weighted by molar-refractivity contribution is -0.462. The third kappa shape index (κ3) is 3.12. The number of carbonyl (C=O) groups is 1. The lowest BCUT2D eigenvalue weighted by Crippen LogP contribution is -2.02. The van der Waals surface area contributed by atoms with Crippen molar-refractivity contribution in [3.63, 3.8) is 0 Å². The normalized spacial score (nSPS) is 10.6. The first-order valence-electron chi connectivity index (χ1n) is 4.18. The van der Waals surface area contributed by atoms with Crippen LogP contribution < -0.4 is 0 Å². The van der Waals surface area contributed by atoms with Crippen LogP contribution in [0.4, 0.5) is 10.1 Å². The van der Waals surface area contributed by atoms with Crippen molar-refractivity contribution in [2.75, 3.05) is 6.54 Å². The van der Waals surface area contributed by atoms with E-state index in [1.807, 2.05) is 0 Å². The van der Waals surface area contributed by atoms with Crippen LogP contribution in [0.5, 0.6) is 0 Å². The smallest absolute Gasteiger partial charge is 0.338 e. The van der Waals surface area contributed by atoms with E-state index in [1.54, 1.807) is 0 Å². The average molecular weight is 226 g/mol. The van der Waals surface area contributed by atoms with Gasteiger partial charge in [-0.1, -0.05) is 0 Å². The molecule has 0 fully saturated rings. The van der Waals surface area contributed by atoms with Gasteiger partial charge in [0.15, 0.2) is 0 Å². The van der Waals surface area contributed by atoms with Crippen molar-refractivity contribution >= 4 is 17.9 Å². The van der Waals surface area contributed by atoms with E-state index in [9.17, 15) is 19.3 Å². The molecule has 0 bridgehead atoms. The molecule has 0 aliphatic rings. The van der Waals surface area contributed by atoms with Crippen LogP contribution in [-0.4, -0.2) is 28.8 Å². The average Bonchev–Trinajstić information content (AvgIpc) is 2.19. The number of rotatable bonds is 4. The molecule has 0 aliphatic heterocycles. The van der Waals surface area contributed by atoms with Crippen LogP contribution in [0.25, 0.3) is 0 Å². The van der Waals surface area contributed by atoms with E-state index in [1.165, 1.54) is 0 Å². The van der Waals surface area contributed by atoms with Crippen molar-refractivity contribution in [1.29, 1.82) is 0 Å². The molecule has 0 heterocycles.